The van der Waals surface area contributed by atoms with Crippen LogP contribution in [0.15, 0.2) is 9.59 Å². The van der Waals surface area contributed by atoms with Gasteiger partial charge in [0, 0.05) is 20.6 Å². The van der Waals surface area contributed by atoms with Gasteiger partial charge in [-0.1, -0.05) is 0 Å². The number of aromatic nitrogens is 3. The Morgan fingerprint density at radius 1 is 1.38 bits per heavy atom. The Labute approximate surface area is 97.7 Å². The summed E-state index contributed by atoms with van der Waals surface area (Å²) in [6, 6.07) is 0. The molecule has 0 aliphatic rings. The van der Waals surface area contributed by atoms with E-state index in [4.69, 9.17) is 0 Å². The predicted octanol–water partition coefficient (Wildman–Crippen LogP) is -0.356. The second-order valence-corrected chi connectivity index (χ2v) is 4.38. The van der Waals surface area contributed by atoms with Crippen LogP contribution in [0, 0.1) is 0 Å². The van der Waals surface area contributed by atoms with Crippen LogP contribution in [-0.4, -0.2) is 32.9 Å². The van der Waals surface area contributed by atoms with Crippen molar-refractivity contribution >= 4 is 17.6 Å². The van der Waals surface area contributed by atoms with Gasteiger partial charge in [-0.25, -0.2) is 9.48 Å². The van der Waals surface area contributed by atoms with Crippen molar-refractivity contribution in [3.8, 4) is 0 Å². The van der Waals surface area contributed by atoms with Crippen molar-refractivity contribution in [2.75, 3.05) is 23.9 Å². The van der Waals surface area contributed by atoms with Crippen molar-refractivity contribution in [2.45, 2.75) is 6.42 Å². The summed E-state index contributed by atoms with van der Waals surface area (Å²) in [4.78, 5) is 23.0. The van der Waals surface area contributed by atoms with E-state index in [2.05, 4.69) is 10.4 Å². The van der Waals surface area contributed by atoms with Crippen LogP contribution in [0.25, 0.3) is 0 Å². The Bertz CT molecular complexity index is 466. The van der Waals surface area contributed by atoms with Crippen LogP contribution < -0.4 is 16.6 Å². The molecule has 0 amide bonds. The van der Waals surface area contributed by atoms with Gasteiger partial charge in [0.25, 0.3) is 5.56 Å². The summed E-state index contributed by atoms with van der Waals surface area (Å²) >= 11 is 1.75. The van der Waals surface area contributed by atoms with E-state index >= 15 is 0 Å². The molecule has 6 nitrogen and oxygen atoms in total. The molecule has 16 heavy (non-hydrogen) atoms. The van der Waals surface area contributed by atoms with Crippen LogP contribution in [0.4, 0.5) is 5.82 Å². The van der Waals surface area contributed by atoms with E-state index in [0.29, 0.717) is 6.54 Å². The van der Waals surface area contributed by atoms with E-state index in [1.807, 2.05) is 6.26 Å². The Hall–Kier alpha value is -1.24. The zero-order valence-electron chi connectivity index (χ0n) is 9.69. The summed E-state index contributed by atoms with van der Waals surface area (Å²) < 4.78 is 2.20. The van der Waals surface area contributed by atoms with Gasteiger partial charge >= 0.3 is 5.69 Å². The van der Waals surface area contributed by atoms with Crippen LogP contribution in [0.1, 0.15) is 6.42 Å². The molecule has 0 unspecified atom stereocenters. The lowest BCUT2D eigenvalue weighted by Gasteiger charge is -2.07. The molecular formula is C9H16N4O2S. The van der Waals surface area contributed by atoms with Crippen LogP contribution in [0.5, 0.6) is 0 Å². The molecular weight excluding hydrogens is 228 g/mol. The molecule has 0 aliphatic carbocycles. The Balaban J connectivity index is 2.82. The summed E-state index contributed by atoms with van der Waals surface area (Å²) in [7, 11) is 2.97. The topological polar surface area (TPSA) is 68.9 Å². The summed E-state index contributed by atoms with van der Waals surface area (Å²) in [6.07, 6.45) is 2.98. The Morgan fingerprint density at radius 2 is 2.06 bits per heavy atom. The van der Waals surface area contributed by atoms with E-state index in [1.165, 1.54) is 14.1 Å². The SMILES string of the molecule is CSCCCNc1nn(C)c(=O)n(C)c1=O. The van der Waals surface area contributed by atoms with Gasteiger partial charge < -0.3 is 5.32 Å². The largest absolute Gasteiger partial charge is 0.364 e. The van der Waals surface area contributed by atoms with E-state index in [-0.39, 0.29) is 11.4 Å². The first kappa shape index (κ1) is 12.8. The van der Waals surface area contributed by atoms with Crippen molar-refractivity contribution in [3.63, 3.8) is 0 Å². The molecule has 0 saturated carbocycles. The Morgan fingerprint density at radius 3 is 2.69 bits per heavy atom. The van der Waals surface area contributed by atoms with Gasteiger partial charge in [-0.2, -0.15) is 11.8 Å². The maximum atomic E-state index is 11.6. The summed E-state index contributed by atoms with van der Waals surface area (Å²) in [5, 5.41) is 6.82. The molecule has 7 heteroatoms. The number of nitrogens with one attached hydrogen (secondary N) is 1. The highest BCUT2D eigenvalue weighted by atomic mass is 32.2. The summed E-state index contributed by atoms with van der Waals surface area (Å²) in [5.74, 6) is 1.25. The number of nitrogens with zero attached hydrogens (tertiary/aromatic N) is 3. The highest BCUT2D eigenvalue weighted by Gasteiger charge is 2.07. The number of rotatable bonds is 5. The standard InChI is InChI=1S/C9H16N4O2S/c1-12-8(14)7(10-5-4-6-16-3)11-13(2)9(12)15/h4-6H2,1-3H3,(H,10,11). The van der Waals surface area contributed by atoms with Gasteiger partial charge in [0.1, 0.15) is 0 Å². The minimum absolute atomic E-state index is 0.228. The molecule has 0 radical (unpaired) electrons. The quantitative estimate of drug-likeness (QED) is 0.717. The third-order valence-corrected chi connectivity index (χ3v) is 2.84. The number of anilines is 1. The molecule has 90 valence electrons. The molecule has 0 fully saturated rings. The van der Waals surface area contributed by atoms with Gasteiger partial charge in [0.15, 0.2) is 0 Å². The lowest BCUT2D eigenvalue weighted by atomic mass is 10.5. The fraction of sp³-hybridized carbons (Fsp3) is 0.667. The van der Waals surface area contributed by atoms with Crippen LogP contribution >= 0.6 is 11.8 Å². The average Bonchev–Trinajstić information content (AvgIpc) is 2.28. The highest BCUT2D eigenvalue weighted by Crippen LogP contribution is 1.96. The minimum Gasteiger partial charge on any atom is -0.364 e. The molecule has 0 spiro atoms. The van der Waals surface area contributed by atoms with Gasteiger partial charge in [-0.05, 0) is 18.4 Å². The Kier molecular flexibility index (Phi) is 4.60. The molecule has 1 rings (SSSR count). The summed E-state index contributed by atoms with van der Waals surface area (Å²) in [6.45, 7) is 0.682. The highest BCUT2D eigenvalue weighted by molar-refractivity contribution is 7.98. The van der Waals surface area contributed by atoms with E-state index in [1.54, 1.807) is 11.8 Å². The third-order valence-electron chi connectivity index (χ3n) is 2.14. The molecule has 0 saturated heterocycles. The number of hydrogen-bond donors (Lipinski definition) is 1. The molecule has 0 aliphatic heterocycles. The van der Waals surface area contributed by atoms with Gasteiger partial charge in [0.05, 0.1) is 0 Å². The van der Waals surface area contributed by atoms with Crippen molar-refractivity contribution in [1.82, 2.24) is 14.3 Å². The zero-order valence-corrected chi connectivity index (χ0v) is 10.5. The first-order valence-corrected chi connectivity index (χ1v) is 6.34. The maximum Gasteiger partial charge on any atom is 0.346 e. The maximum absolute atomic E-state index is 11.6. The smallest absolute Gasteiger partial charge is 0.346 e. The van der Waals surface area contributed by atoms with E-state index in [9.17, 15) is 9.59 Å². The van der Waals surface area contributed by atoms with Crippen molar-refractivity contribution in [2.24, 2.45) is 14.1 Å². The normalized spacial score (nSPS) is 10.4. The first-order chi connectivity index (χ1) is 7.57. The number of aryl methyl sites for hydroxylation is 1. The second-order valence-electron chi connectivity index (χ2n) is 3.39. The fourth-order valence-corrected chi connectivity index (χ4v) is 1.67. The molecule has 1 aromatic heterocycles. The average molecular weight is 244 g/mol. The molecule has 1 heterocycles. The lowest BCUT2D eigenvalue weighted by Crippen LogP contribution is -2.40. The van der Waals surface area contributed by atoms with Gasteiger partial charge in [0.2, 0.25) is 5.82 Å². The summed E-state index contributed by atoms with van der Waals surface area (Å²) in [5.41, 5.74) is -0.799. The van der Waals surface area contributed by atoms with Gasteiger partial charge in [-0.15, -0.1) is 5.10 Å². The van der Waals surface area contributed by atoms with Crippen LogP contribution in [-0.2, 0) is 14.1 Å². The van der Waals surface area contributed by atoms with Crippen molar-refractivity contribution in [1.29, 1.82) is 0 Å². The molecule has 0 atom stereocenters. The molecule has 1 aromatic rings. The van der Waals surface area contributed by atoms with Gasteiger partial charge in [-0.3, -0.25) is 9.36 Å². The first-order valence-electron chi connectivity index (χ1n) is 4.95. The third kappa shape index (κ3) is 2.88. The number of hydrogen-bond acceptors (Lipinski definition) is 5. The molecule has 0 bridgehead atoms. The van der Waals surface area contributed by atoms with E-state index in [0.717, 1.165) is 21.4 Å². The zero-order chi connectivity index (χ0) is 12.1. The fourth-order valence-electron chi connectivity index (χ4n) is 1.23. The predicted molar refractivity (Wildman–Crippen MR) is 66.2 cm³/mol. The minimum atomic E-state index is -0.417. The van der Waals surface area contributed by atoms with Crippen LogP contribution in [0.3, 0.4) is 0 Å². The monoisotopic (exact) mass is 244 g/mol. The van der Waals surface area contributed by atoms with Crippen molar-refractivity contribution in [3.05, 3.63) is 20.8 Å². The van der Waals surface area contributed by atoms with Crippen molar-refractivity contribution < 1.29 is 0 Å². The number of thioether (sulfide) groups is 1. The van der Waals surface area contributed by atoms with E-state index < -0.39 is 5.69 Å². The van der Waals surface area contributed by atoms with Crippen LogP contribution in [0.2, 0.25) is 0 Å². The second kappa shape index (κ2) is 5.74. The molecule has 0 aromatic carbocycles. The molecule has 1 N–H and O–H groups in total. The lowest BCUT2D eigenvalue weighted by molar-refractivity contribution is 0.604.